The first-order chi connectivity index (χ1) is 15.9. The van der Waals surface area contributed by atoms with E-state index in [0.717, 1.165) is 10.2 Å². The Bertz CT molecular complexity index is 1490. The fourth-order valence-electron chi connectivity index (χ4n) is 2.87. The molecule has 0 saturated carbocycles. The summed E-state index contributed by atoms with van der Waals surface area (Å²) in [5.74, 6) is -0.105. The van der Waals surface area contributed by atoms with Crippen LogP contribution in [0.1, 0.15) is 17.0 Å². The van der Waals surface area contributed by atoms with E-state index < -0.39 is 16.9 Å². The molecule has 4 rings (SSSR count). The van der Waals surface area contributed by atoms with Crippen molar-refractivity contribution in [3.05, 3.63) is 96.5 Å². The molecule has 2 aromatic carbocycles. The lowest BCUT2D eigenvalue weighted by Gasteiger charge is -2.12. The first kappa shape index (κ1) is 22.0. The standard InChI is InChI=1S/C21H12Cl2N6O4/c22-13-7-12(29-21(32)27-19(31)16(9-24)28-29)8-14(23)18(13)33-20-25-10-17(30)15(26-20)6-11-4-2-1-3-5-11/h1-5,7-8,10,30H,6H2,(H,27,31,32). The molecule has 0 atom stereocenters. The van der Waals surface area contributed by atoms with Crippen LogP contribution in [-0.2, 0) is 6.42 Å². The zero-order valence-corrected chi connectivity index (χ0v) is 18.0. The molecule has 0 amide bonds. The summed E-state index contributed by atoms with van der Waals surface area (Å²) in [6, 6.07) is 13.5. The number of rotatable bonds is 5. The van der Waals surface area contributed by atoms with Crippen LogP contribution in [0.3, 0.4) is 0 Å². The number of ether oxygens (including phenoxy) is 1. The van der Waals surface area contributed by atoms with Crippen LogP contribution < -0.4 is 16.0 Å². The van der Waals surface area contributed by atoms with Gasteiger partial charge in [0.2, 0.25) is 5.69 Å². The summed E-state index contributed by atoms with van der Waals surface area (Å²) in [5.41, 5.74) is -0.951. The van der Waals surface area contributed by atoms with E-state index in [4.69, 9.17) is 33.2 Å². The number of halogens is 2. The summed E-state index contributed by atoms with van der Waals surface area (Å²) in [6.07, 6.45) is 1.54. The van der Waals surface area contributed by atoms with Gasteiger partial charge in [-0.1, -0.05) is 53.5 Å². The van der Waals surface area contributed by atoms with E-state index in [9.17, 15) is 14.7 Å². The van der Waals surface area contributed by atoms with Gasteiger partial charge < -0.3 is 9.84 Å². The summed E-state index contributed by atoms with van der Waals surface area (Å²) >= 11 is 12.6. The molecule has 0 bridgehead atoms. The molecule has 0 spiro atoms. The molecule has 2 N–H and O–H groups in total. The molecule has 0 unspecified atom stereocenters. The van der Waals surface area contributed by atoms with Gasteiger partial charge in [-0.25, -0.2) is 4.79 Å². The molecular formula is C21H12Cl2N6O4. The van der Waals surface area contributed by atoms with Crippen LogP contribution in [0.4, 0.5) is 0 Å². The molecule has 33 heavy (non-hydrogen) atoms. The molecule has 0 fully saturated rings. The van der Waals surface area contributed by atoms with Crippen LogP contribution in [-0.4, -0.2) is 29.8 Å². The third-order valence-electron chi connectivity index (χ3n) is 4.39. The van der Waals surface area contributed by atoms with E-state index in [2.05, 4.69) is 15.1 Å². The molecular weight excluding hydrogens is 471 g/mol. The molecule has 12 heteroatoms. The Balaban J connectivity index is 1.67. The van der Waals surface area contributed by atoms with Gasteiger partial charge in [-0.2, -0.15) is 19.9 Å². The average Bonchev–Trinajstić information content (AvgIpc) is 2.79. The van der Waals surface area contributed by atoms with Gasteiger partial charge in [0.1, 0.15) is 6.07 Å². The number of aromatic nitrogens is 5. The first-order valence-corrected chi connectivity index (χ1v) is 10.0. The highest BCUT2D eigenvalue weighted by molar-refractivity contribution is 6.37. The fraction of sp³-hybridized carbons (Fsp3) is 0.0476. The van der Waals surface area contributed by atoms with Crippen molar-refractivity contribution >= 4 is 23.2 Å². The molecule has 10 nitrogen and oxygen atoms in total. The molecule has 4 aromatic rings. The lowest BCUT2D eigenvalue weighted by molar-refractivity contribution is 0.421. The largest absolute Gasteiger partial charge is 0.504 e. The minimum Gasteiger partial charge on any atom is -0.504 e. The Hall–Kier alpha value is -4.20. The number of nitrogens with one attached hydrogen (secondary N) is 1. The molecule has 164 valence electrons. The van der Waals surface area contributed by atoms with Crippen molar-refractivity contribution in [1.82, 2.24) is 24.7 Å². The molecule has 0 aliphatic carbocycles. The predicted molar refractivity (Wildman–Crippen MR) is 118 cm³/mol. The molecule has 2 heterocycles. The maximum Gasteiger partial charge on any atom is 0.349 e. The first-order valence-electron chi connectivity index (χ1n) is 9.25. The predicted octanol–water partition coefficient (Wildman–Crippen LogP) is 2.98. The van der Waals surface area contributed by atoms with Gasteiger partial charge in [-0.15, -0.1) is 5.10 Å². The van der Waals surface area contributed by atoms with Gasteiger partial charge >= 0.3 is 11.7 Å². The number of hydrogen-bond acceptors (Lipinski definition) is 8. The van der Waals surface area contributed by atoms with E-state index in [-0.39, 0.29) is 33.2 Å². The molecule has 0 radical (unpaired) electrons. The molecule has 0 aliphatic heterocycles. The average molecular weight is 483 g/mol. The Morgan fingerprint density at radius 1 is 1.15 bits per heavy atom. The van der Waals surface area contributed by atoms with Gasteiger partial charge in [0.15, 0.2) is 11.5 Å². The van der Waals surface area contributed by atoms with E-state index in [1.807, 2.05) is 35.3 Å². The third kappa shape index (κ3) is 4.69. The second kappa shape index (κ2) is 9.12. The maximum absolute atomic E-state index is 12.1. The normalized spacial score (nSPS) is 10.6. The summed E-state index contributed by atoms with van der Waals surface area (Å²) < 4.78 is 6.42. The summed E-state index contributed by atoms with van der Waals surface area (Å²) in [6.45, 7) is 0. The van der Waals surface area contributed by atoms with Crippen molar-refractivity contribution in [2.45, 2.75) is 6.42 Å². The number of nitrogens with zero attached hydrogens (tertiary/aromatic N) is 5. The van der Waals surface area contributed by atoms with Gasteiger partial charge in [-0.3, -0.25) is 9.78 Å². The SMILES string of the molecule is N#Cc1nn(-c2cc(Cl)c(Oc3ncc(O)c(Cc4ccccc4)n3)c(Cl)c2)c(=O)[nH]c1=O. The second-order valence-electron chi connectivity index (χ2n) is 6.62. The van der Waals surface area contributed by atoms with Crippen LogP contribution in [0.15, 0.2) is 58.3 Å². The van der Waals surface area contributed by atoms with E-state index >= 15 is 0 Å². The van der Waals surface area contributed by atoms with Crippen molar-refractivity contribution in [3.8, 4) is 29.3 Å². The topological polar surface area (TPSA) is 147 Å². The van der Waals surface area contributed by atoms with Crippen LogP contribution in [0.2, 0.25) is 10.0 Å². The Morgan fingerprint density at radius 2 is 1.85 bits per heavy atom. The summed E-state index contributed by atoms with van der Waals surface area (Å²) in [5, 5.41) is 22.8. The lowest BCUT2D eigenvalue weighted by atomic mass is 10.1. The van der Waals surface area contributed by atoms with E-state index in [1.54, 1.807) is 6.07 Å². The molecule has 2 aromatic heterocycles. The zero-order valence-electron chi connectivity index (χ0n) is 16.5. The molecule has 0 aliphatic rings. The number of benzene rings is 2. The van der Waals surface area contributed by atoms with Crippen LogP contribution >= 0.6 is 23.2 Å². The highest BCUT2D eigenvalue weighted by Gasteiger charge is 2.17. The second-order valence-corrected chi connectivity index (χ2v) is 7.43. The van der Waals surface area contributed by atoms with Crippen molar-refractivity contribution in [2.75, 3.05) is 0 Å². The van der Waals surface area contributed by atoms with Gasteiger partial charge in [0.05, 0.1) is 27.6 Å². The third-order valence-corrected chi connectivity index (χ3v) is 4.95. The zero-order chi connectivity index (χ0) is 23.5. The fourth-order valence-corrected chi connectivity index (χ4v) is 3.42. The van der Waals surface area contributed by atoms with Gasteiger partial charge in [-0.05, 0) is 17.7 Å². The van der Waals surface area contributed by atoms with Crippen LogP contribution in [0, 0.1) is 11.3 Å². The Morgan fingerprint density at radius 3 is 2.52 bits per heavy atom. The summed E-state index contributed by atoms with van der Waals surface area (Å²) in [4.78, 5) is 33.8. The Labute approximate surface area is 195 Å². The quantitative estimate of drug-likeness (QED) is 0.441. The molecule has 0 saturated heterocycles. The number of aromatic hydroxyl groups is 1. The highest BCUT2D eigenvalue weighted by Crippen LogP contribution is 2.37. The van der Waals surface area contributed by atoms with E-state index in [1.165, 1.54) is 18.3 Å². The van der Waals surface area contributed by atoms with Gasteiger partial charge in [0.25, 0.3) is 5.56 Å². The number of H-pyrrole nitrogens is 1. The number of aromatic amines is 1. The maximum atomic E-state index is 12.1. The lowest BCUT2D eigenvalue weighted by Crippen LogP contribution is -2.33. The number of hydrogen-bond donors (Lipinski definition) is 2. The van der Waals surface area contributed by atoms with Crippen LogP contribution in [0.5, 0.6) is 17.5 Å². The Kier molecular flexibility index (Phi) is 6.08. The monoisotopic (exact) mass is 482 g/mol. The minimum atomic E-state index is -0.910. The van der Waals surface area contributed by atoms with Crippen molar-refractivity contribution in [1.29, 1.82) is 5.26 Å². The van der Waals surface area contributed by atoms with Crippen LogP contribution in [0.25, 0.3) is 5.69 Å². The highest BCUT2D eigenvalue weighted by atomic mass is 35.5. The van der Waals surface area contributed by atoms with E-state index in [0.29, 0.717) is 12.1 Å². The smallest absolute Gasteiger partial charge is 0.349 e. The van der Waals surface area contributed by atoms with Gasteiger partial charge in [0, 0.05) is 6.42 Å². The van der Waals surface area contributed by atoms with Crippen molar-refractivity contribution < 1.29 is 9.84 Å². The van der Waals surface area contributed by atoms with Crippen molar-refractivity contribution in [3.63, 3.8) is 0 Å². The van der Waals surface area contributed by atoms with Crippen molar-refractivity contribution in [2.24, 2.45) is 0 Å². The number of nitriles is 1. The minimum absolute atomic E-state index is 0.00332. The summed E-state index contributed by atoms with van der Waals surface area (Å²) in [7, 11) is 0.